The highest BCUT2D eigenvalue weighted by atomic mass is 35.5. The quantitative estimate of drug-likeness (QED) is 0.818. The van der Waals surface area contributed by atoms with Gasteiger partial charge in [0, 0.05) is 16.5 Å². The van der Waals surface area contributed by atoms with Gasteiger partial charge in [0.1, 0.15) is 13.2 Å². The first-order valence-electron chi connectivity index (χ1n) is 7.71. The Balaban J connectivity index is 1.57. The molecule has 0 saturated heterocycles. The van der Waals surface area contributed by atoms with E-state index < -0.39 is 0 Å². The van der Waals surface area contributed by atoms with Crippen molar-refractivity contribution in [3.63, 3.8) is 0 Å². The molecular weight excluding hydrogens is 346 g/mol. The number of fused-ring (bicyclic) bond motifs is 1. The summed E-state index contributed by atoms with van der Waals surface area (Å²) in [7, 11) is 0. The molecule has 4 nitrogen and oxygen atoms in total. The van der Waals surface area contributed by atoms with Crippen LogP contribution in [-0.2, 0) is 11.3 Å². The lowest BCUT2D eigenvalue weighted by Gasteiger charge is -2.19. The molecule has 0 aromatic heterocycles. The summed E-state index contributed by atoms with van der Waals surface area (Å²) in [4.78, 5) is 13.3. The van der Waals surface area contributed by atoms with Gasteiger partial charge in [-0.05, 0) is 36.8 Å². The molecule has 126 valence electrons. The SMILES string of the molecule is C[C@@H](Sc1ccc2c(c1)OCCO2)C(=O)NCc1ccccc1Cl. The molecule has 2 aromatic carbocycles. The third-order valence-electron chi connectivity index (χ3n) is 3.61. The zero-order valence-corrected chi connectivity index (χ0v) is 14.8. The predicted molar refractivity (Wildman–Crippen MR) is 96.0 cm³/mol. The molecule has 1 atom stereocenters. The first-order chi connectivity index (χ1) is 11.6. The summed E-state index contributed by atoms with van der Waals surface area (Å²) in [5.41, 5.74) is 0.907. The van der Waals surface area contributed by atoms with Gasteiger partial charge in [0.15, 0.2) is 11.5 Å². The van der Waals surface area contributed by atoms with E-state index >= 15 is 0 Å². The number of hydrogen-bond donors (Lipinski definition) is 1. The van der Waals surface area contributed by atoms with Crippen LogP contribution >= 0.6 is 23.4 Å². The number of thioether (sulfide) groups is 1. The van der Waals surface area contributed by atoms with E-state index in [1.54, 1.807) is 0 Å². The minimum absolute atomic E-state index is 0.0326. The second-order valence-corrected chi connectivity index (χ2v) is 7.20. The van der Waals surface area contributed by atoms with Gasteiger partial charge in [0.05, 0.1) is 5.25 Å². The lowest BCUT2D eigenvalue weighted by molar-refractivity contribution is -0.120. The van der Waals surface area contributed by atoms with Gasteiger partial charge in [0.25, 0.3) is 0 Å². The fraction of sp³-hybridized carbons (Fsp3) is 0.278. The molecule has 0 bridgehead atoms. The molecule has 24 heavy (non-hydrogen) atoms. The highest BCUT2D eigenvalue weighted by Crippen LogP contribution is 2.35. The minimum atomic E-state index is -0.227. The molecule has 1 aliphatic rings. The number of carbonyl (C=O) groups excluding carboxylic acids is 1. The number of rotatable bonds is 5. The van der Waals surface area contributed by atoms with Gasteiger partial charge < -0.3 is 14.8 Å². The first kappa shape index (κ1) is 17.0. The van der Waals surface area contributed by atoms with Crippen LogP contribution < -0.4 is 14.8 Å². The zero-order chi connectivity index (χ0) is 16.9. The van der Waals surface area contributed by atoms with E-state index in [2.05, 4.69) is 5.32 Å². The van der Waals surface area contributed by atoms with Gasteiger partial charge in [-0.25, -0.2) is 0 Å². The van der Waals surface area contributed by atoms with Crippen molar-refractivity contribution in [2.45, 2.75) is 23.6 Å². The second-order valence-electron chi connectivity index (χ2n) is 5.37. The number of nitrogens with one attached hydrogen (secondary N) is 1. The highest BCUT2D eigenvalue weighted by molar-refractivity contribution is 8.00. The van der Waals surface area contributed by atoms with E-state index in [-0.39, 0.29) is 11.2 Å². The van der Waals surface area contributed by atoms with Crippen molar-refractivity contribution in [2.75, 3.05) is 13.2 Å². The van der Waals surface area contributed by atoms with Crippen LogP contribution in [0, 0.1) is 0 Å². The Morgan fingerprint density at radius 1 is 1.21 bits per heavy atom. The normalized spacial score (nSPS) is 14.1. The van der Waals surface area contributed by atoms with Gasteiger partial charge in [-0.3, -0.25) is 4.79 Å². The fourth-order valence-corrected chi connectivity index (χ4v) is 3.45. The maximum atomic E-state index is 12.3. The van der Waals surface area contributed by atoms with Crippen LogP contribution in [0.1, 0.15) is 12.5 Å². The van der Waals surface area contributed by atoms with Crippen LogP contribution in [0.25, 0.3) is 0 Å². The van der Waals surface area contributed by atoms with Gasteiger partial charge in [-0.2, -0.15) is 0 Å². The zero-order valence-electron chi connectivity index (χ0n) is 13.3. The molecule has 0 saturated carbocycles. The summed E-state index contributed by atoms with van der Waals surface area (Å²) in [6.45, 7) is 3.42. The largest absolute Gasteiger partial charge is 0.486 e. The maximum Gasteiger partial charge on any atom is 0.233 e. The minimum Gasteiger partial charge on any atom is -0.486 e. The molecule has 1 aliphatic heterocycles. The molecule has 2 aromatic rings. The van der Waals surface area contributed by atoms with Crippen LogP contribution in [0.4, 0.5) is 0 Å². The van der Waals surface area contributed by atoms with E-state index in [4.69, 9.17) is 21.1 Å². The summed E-state index contributed by atoms with van der Waals surface area (Å²) >= 11 is 7.59. The van der Waals surface area contributed by atoms with Crippen molar-refractivity contribution in [3.05, 3.63) is 53.1 Å². The Kier molecular flexibility index (Phi) is 5.53. The van der Waals surface area contributed by atoms with Crippen molar-refractivity contribution in [1.29, 1.82) is 0 Å². The summed E-state index contributed by atoms with van der Waals surface area (Å²) in [6, 6.07) is 13.2. The average Bonchev–Trinajstić information content (AvgIpc) is 2.60. The molecule has 0 radical (unpaired) electrons. The Bertz CT molecular complexity index is 738. The summed E-state index contributed by atoms with van der Waals surface area (Å²) in [5, 5.41) is 3.35. The summed E-state index contributed by atoms with van der Waals surface area (Å²) < 4.78 is 11.1. The number of amides is 1. The smallest absolute Gasteiger partial charge is 0.233 e. The third kappa shape index (κ3) is 4.16. The van der Waals surface area contributed by atoms with Gasteiger partial charge in [0.2, 0.25) is 5.91 Å². The van der Waals surface area contributed by atoms with E-state index in [1.807, 2.05) is 49.4 Å². The van der Waals surface area contributed by atoms with Crippen molar-refractivity contribution in [3.8, 4) is 11.5 Å². The molecule has 0 aliphatic carbocycles. The number of ether oxygens (including phenoxy) is 2. The lowest BCUT2D eigenvalue weighted by atomic mass is 10.2. The van der Waals surface area contributed by atoms with Crippen molar-refractivity contribution in [1.82, 2.24) is 5.32 Å². The average molecular weight is 364 g/mol. The maximum absolute atomic E-state index is 12.3. The van der Waals surface area contributed by atoms with Crippen molar-refractivity contribution < 1.29 is 14.3 Å². The van der Waals surface area contributed by atoms with E-state index in [9.17, 15) is 4.79 Å². The standard InChI is InChI=1S/C18H18ClNO3S/c1-12(18(21)20-11-13-4-2-3-5-15(13)19)24-14-6-7-16-17(10-14)23-9-8-22-16/h2-7,10,12H,8-9,11H2,1H3,(H,20,21)/t12-/m1/s1. The van der Waals surface area contributed by atoms with E-state index in [0.717, 1.165) is 22.0 Å². The first-order valence-corrected chi connectivity index (χ1v) is 8.96. The number of carbonyl (C=O) groups is 1. The van der Waals surface area contributed by atoms with Gasteiger partial charge in [-0.1, -0.05) is 29.8 Å². The molecule has 0 fully saturated rings. The Hall–Kier alpha value is -1.85. The molecule has 0 spiro atoms. The number of halogens is 1. The van der Waals surface area contributed by atoms with Gasteiger partial charge >= 0.3 is 0 Å². The van der Waals surface area contributed by atoms with Crippen LogP contribution in [-0.4, -0.2) is 24.4 Å². The summed E-state index contributed by atoms with van der Waals surface area (Å²) in [5.74, 6) is 1.45. The monoisotopic (exact) mass is 363 g/mol. The van der Waals surface area contributed by atoms with Crippen molar-refractivity contribution in [2.24, 2.45) is 0 Å². The molecule has 6 heteroatoms. The Labute approximate surface area is 150 Å². The highest BCUT2D eigenvalue weighted by Gasteiger charge is 2.17. The van der Waals surface area contributed by atoms with Crippen LogP contribution in [0.2, 0.25) is 5.02 Å². The second kappa shape index (κ2) is 7.81. The summed E-state index contributed by atoms with van der Waals surface area (Å²) in [6.07, 6.45) is 0. The molecule has 1 N–H and O–H groups in total. The van der Waals surface area contributed by atoms with Crippen molar-refractivity contribution >= 4 is 29.3 Å². The molecule has 3 rings (SSSR count). The third-order valence-corrected chi connectivity index (χ3v) is 5.07. The fourth-order valence-electron chi connectivity index (χ4n) is 2.32. The Morgan fingerprint density at radius 3 is 2.75 bits per heavy atom. The van der Waals surface area contributed by atoms with Gasteiger partial charge in [-0.15, -0.1) is 11.8 Å². The molecular formula is C18H18ClNO3S. The number of hydrogen-bond acceptors (Lipinski definition) is 4. The van der Waals surface area contributed by atoms with E-state index in [1.165, 1.54) is 11.8 Å². The van der Waals surface area contributed by atoms with Crippen LogP contribution in [0.15, 0.2) is 47.4 Å². The molecule has 1 amide bonds. The molecule has 0 unspecified atom stereocenters. The van der Waals surface area contributed by atoms with Crippen LogP contribution in [0.3, 0.4) is 0 Å². The topological polar surface area (TPSA) is 47.6 Å². The predicted octanol–water partition coefficient (Wildman–Crippen LogP) is 3.91. The number of benzene rings is 2. The lowest BCUT2D eigenvalue weighted by Crippen LogP contribution is -2.30. The van der Waals surface area contributed by atoms with E-state index in [0.29, 0.717) is 24.8 Å². The molecule has 1 heterocycles. The Morgan fingerprint density at radius 2 is 1.96 bits per heavy atom. The van der Waals surface area contributed by atoms with Crippen LogP contribution in [0.5, 0.6) is 11.5 Å².